The molecule has 0 saturated carbocycles. The Bertz CT molecular complexity index is 1400. The van der Waals surface area contributed by atoms with Gasteiger partial charge in [0, 0.05) is 24.3 Å². The third-order valence-corrected chi connectivity index (χ3v) is 8.68. The van der Waals surface area contributed by atoms with E-state index >= 15 is 0 Å². The van der Waals surface area contributed by atoms with Crippen molar-refractivity contribution in [1.82, 2.24) is 10.6 Å². The minimum absolute atomic E-state index is 0.0378. The standard InChI is InChI=1S/C39H48N2O6S/c1-3-5-8-18-38(44)47-27-35(29-48-28-32-16-11-7-12-17-32)41-39(45)33(13-4-2)24-37(43)40-34(25-42)23-30-19-21-36(22-20-30)46-26-31-14-9-6-10-15-31/h3-4,6-7,9-12,14-17,19-22,33-35,42H,1-2,5,8,13,18,23-29H2,(H,40,43)(H,41,45)/t33-,34+,35-/m1/s1. The largest absolute Gasteiger partial charge is 0.489 e. The maximum Gasteiger partial charge on any atom is 0.305 e. The summed E-state index contributed by atoms with van der Waals surface area (Å²) in [5.41, 5.74) is 3.15. The number of rotatable bonds is 23. The Labute approximate surface area is 289 Å². The fourth-order valence-electron chi connectivity index (χ4n) is 4.90. The molecule has 3 aromatic rings. The maximum atomic E-state index is 13.4. The molecule has 0 unspecified atom stereocenters. The number of unbranched alkanes of at least 4 members (excludes halogenated alkanes) is 1. The monoisotopic (exact) mass is 672 g/mol. The minimum atomic E-state index is -0.673. The van der Waals surface area contributed by atoms with E-state index in [0.717, 1.165) is 34.6 Å². The molecular formula is C39H48N2O6S. The topological polar surface area (TPSA) is 114 Å². The van der Waals surface area contributed by atoms with Crippen LogP contribution >= 0.6 is 11.8 Å². The van der Waals surface area contributed by atoms with Crippen LogP contribution < -0.4 is 15.4 Å². The van der Waals surface area contributed by atoms with Gasteiger partial charge in [-0.05, 0) is 54.5 Å². The molecule has 0 heterocycles. The second-order valence-electron chi connectivity index (χ2n) is 11.6. The van der Waals surface area contributed by atoms with Crippen LogP contribution in [0.15, 0.2) is 110 Å². The lowest BCUT2D eigenvalue weighted by Crippen LogP contribution is -2.45. The first kappa shape index (κ1) is 38.1. The first-order valence-corrected chi connectivity index (χ1v) is 17.5. The molecule has 2 amide bonds. The van der Waals surface area contributed by atoms with Crippen molar-refractivity contribution in [2.75, 3.05) is 19.0 Å². The first-order valence-electron chi connectivity index (χ1n) is 16.4. The summed E-state index contributed by atoms with van der Waals surface area (Å²) in [6, 6.07) is 26.5. The molecule has 3 atom stereocenters. The zero-order valence-corrected chi connectivity index (χ0v) is 28.4. The van der Waals surface area contributed by atoms with Gasteiger partial charge < -0.3 is 25.2 Å². The van der Waals surface area contributed by atoms with E-state index in [0.29, 0.717) is 31.6 Å². The van der Waals surface area contributed by atoms with E-state index in [1.54, 1.807) is 23.9 Å². The number of allylic oxidation sites excluding steroid dienone is 2. The van der Waals surface area contributed by atoms with E-state index in [4.69, 9.17) is 9.47 Å². The third-order valence-electron chi connectivity index (χ3n) is 7.50. The number of aliphatic hydroxyl groups excluding tert-OH is 1. The van der Waals surface area contributed by atoms with Crippen LogP contribution in [0, 0.1) is 5.92 Å². The number of thioether (sulfide) groups is 1. The number of carbonyl (C=O) groups is 3. The van der Waals surface area contributed by atoms with Crippen LogP contribution in [0.3, 0.4) is 0 Å². The molecule has 0 aromatic heterocycles. The molecular weight excluding hydrogens is 625 g/mol. The van der Waals surface area contributed by atoms with Crippen molar-refractivity contribution < 1.29 is 29.0 Å². The smallest absolute Gasteiger partial charge is 0.305 e. The summed E-state index contributed by atoms with van der Waals surface area (Å²) in [5, 5.41) is 15.9. The SMILES string of the molecule is C=CCCCC(=O)OC[C@H](CSCc1ccccc1)NC(=O)[C@H](CC=C)CC(=O)N[C@H](CO)Cc1ccc(OCc2ccccc2)cc1. The zero-order chi connectivity index (χ0) is 34.4. The normalized spacial score (nSPS) is 12.6. The van der Waals surface area contributed by atoms with E-state index < -0.39 is 18.0 Å². The lowest BCUT2D eigenvalue weighted by atomic mass is 9.98. The first-order chi connectivity index (χ1) is 23.4. The van der Waals surface area contributed by atoms with Gasteiger partial charge in [0.2, 0.25) is 11.8 Å². The summed E-state index contributed by atoms with van der Waals surface area (Å²) in [4.78, 5) is 38.8. The van der Waals surface area contributed by atoms with Gasteiger partial charge in [-0.25, -0.2) is 0 Å². The fraction of sp³-hybridized carbons (Fsp3) is 0.359. The van der Waals surface area contributed by atoms with Gasteiger partial charge in [-0.3, -0.25) is 14.4 Å². The van der Waals surface area contributed by atoms with Gasteiger partial charge in [-0.1, -0.05) is 84.9 Å². The average Bonchev–Trinajstić information content (AvgIpc) is 3.10. The van der Waals surface area contributed by atoms with Gasteiger partial charge >= 0.3 is 5.97 Å². The van der Waals surface area contributed by atoms with Crippen LogP contribution in [0.5, 0.6) is 5.75 Å². The summed E-state index contributed by atoms with van der Waals surface area (Å²) in [6.07, 6.45) is 5.66. The van der Waals surface area contributed by atoms with Gasteiger partial charge in [-0.15, -0.1) is 13.2 Å². The Hall–Kier alpha value is -4.34. The van der Waals surface area contributed by atoms with Crippen LogP contribution in [-0.2, 0) is 37.9 Å². The zero-order valence-electron chi connectivity index (χ0n) is 27.6. The Kier molecular flexibility index (Phi) is 17.7. The van der Waals surface area contributed by atoms with Gasteiger partial charge in [-0.2, -0.15) is 11.8 Å². The van der Waals surface area contributed by atoms with Crippen molar-refractivity contribution in [3.63, 3.8) is 0 Å². The second kappa shape index (κ2) is 22.3. The molecule has 0 aliphatic heterocycles. The molecule has 0 aliphatic rings. The summed E-state index contributed by atoms with van der Waals surface area (Å²) in [6.45, 7) is 7.70. The van der Waals surface area contributed by atoms with Crippen LogP contribution in [0.2, 0.25) is 0 Å². The summed E-state index contributed by atoms with van der Waals surface area (Å²) in [7, 11) is 0. The van der Waals surface area contributed by atoms with Crippen molar-refractivity contribution in [3.05, 3.63) is 127 Å². The summed E-state index contributed by atoms with van der Waals surface area (Å²) in [5.74, 6) is 0.335. The molecule has 9 heteroatoms. The summed E-state index contributed by atoms with van der Waals surface area (Å²) < 4.78 is 11.4. The lowest BCUT2D eigenvalue weighted by Gasteiger charge is -2.23. The average molecular weight is 673 g/mol. The minimum Gasteiger partial charge on any atom is -0.489 e. The van der Waals surface area contributed by atoms with Crippen LogP contribution in [0.1, 0.15) is 48.8 Å². The van der Waals surface area contributed by atoms with E-state index in [-0.39, 0.29) is 43.8 Å². The molecule has 8 nitrogen and oxygen atoms in total. The van der Waals surface area contributed by atoms with E-state index in [1.807, 2.05) is 84.9 Å². The maximum absolute atomic E-state index is 13.4. The Balaban J connectivity index is 1.53. The predicted molar refractivity (Wildman–Crippen MR) is 192 cm³/mol. The molecule has 3 aromatic carbocycles. The Morgan fingerprint density at radius 1 is 0.833 bits per heavy atom. The number of ether oxygens (including phenoxy) is 2. The van der Waals surface area contributed by atoms with E-state index in [2.05, 4.69) is 23.8 Å². The molecule has 0 radical (unpaired) electrons. The predicted octanol–water partition coefficient (Wildman–Crippen LogP) is 6.19. The number of hydrogen-bond donors (Lipinski definition) is 3. The highest BCUT2D eigenvalue weighted by Crippen LogP contribution is 2.17. The lowest BCUT2D eigenvalue weighted by molar-refractivity contribution is -0.145. The highest BCUT2D eigenvalue weighted by atomic mass is 32.2. The number of benzene rings is 3. The van der Waals surface area contributed by atoms with Gasteiger partial charge in [0.05, 0.1) is 24.6 Å². The highest BCUT2D eigenvalue weighted by Gasteiger charge is 2.25. The van der Waals surface area contributed by atoms with Crippen molar-refractivity contribution in [2.24, 2.45) is 5.92 Å². The van der Waals surface area contributed by atoms with E-state index in [9.17, 15) is 19.5 Å². The third kappa shape index (κ3) is 15.0. The van der Waals surface area contributed by atoms with Crippen molar-refractivity contribution >= 4 is 29.5 Å². The molecule has 256 valence electrons. The number of carbonyl (C=O) groups excluding carboxylic acids is 3. The highest BCUT2D eigenvalue weighted by molar-refractivity contribution is 7.98. The van der Waals surface area contributed by atoms with Gasteiger partial charge in [0.25, 0.3) is 0 Å². The Morgan fingerprint density at radius 2 is 1.52 bits per heavy atom. The molecule has 0 fully saturated rings. The number of esters is 1. The fourth-order valence-corrected chi connectivity index (χ4v) is 5.91. The molecule has 0 saturated heterocycles. The number of hydrogen-bond acceptors (Lipinski definition) is 7. The van der Waals surface area contributed by atoms with Crippen molar-refractivity contribution in [1.29, 1.82) is 0 Å². The Morgan fingerprint density at radius 3 is 2.17 bits per heavy atom. The number of aliphatic hydroxyl groups is 1. The molecule has 0 spiro atoms. The summed E-state index contributed by atoms with van der Waals surface area (Å²) >= 11 is 1.63. The molecule has 3 N–H and O–H groups in total. The van der Waals surface area contributed by atoms with Crippen molar-refractivity contribution in [3.8, 4) is 5.75 Å². The second-order valence-corrected chi connectivity index (χ2v) is 12.6. The quantitative estimate of drug-likeness (QED) is 0.0626. The van der Waals surface area contributed by atoms with Gasteiger partial charge in [0.15, 0.2) is 0 Å². The van der Waals surface area contributed by atoms with Crippen LogP contribution in [0.4, 0.5) is 0 Å². The van der Waals surface area contributed by atoms with E-state index in [1.165, 1.54) is 0 Å². The molecule has 0 bridgehead atoms. The van der Waals surface area contributed by atoms with Gasteiger partial charge in [0.1, 0.15) is 19.0 Å². The van der Waals surface area contributed by atoms with Crippen LogP contribution in [-0.4, -0.2) is 53.9 Å². The molecule has 0 aliphatic carbocycles. The van der Waals surface area contributed by atoms with Crippen LogP contribution in [0.25, 0.3) is 0 Å². The molecule has 3 rings (SSSR count). The number of amides is 2. The van der Waals surface area contributed by atoms with Crippen molar-refractivity contribution in [2.45, 2.75) is 63.0 Å². The molecule has 48 heavy (non-hydrogen) atoms. The number of nitrogens with one attached hydrogen (secondary N) is 2.